The van der Waals surface area contributed by atoms with Gasteiger partial charge in [-0.25, -0.2) is 13.6 Å². The summed E-state index contributed by atoms with van der Waals surface area (Å²) < 4.78 is 27.2. The fourth-order valence-corrected chi connectivity index (χ4v) is 6.37. The van der Waals surface area contributed by atoms with Gasteiger partial charge in [0, 0.05) is 26.8 Å². The summed E-state index contributed by atoms with van der Waals surface area (Å²) in [6.45, 7) is 4.59. The van der Waals surface area contributed by atoms with Crippen LogP contribution in [0.4, 0.5) is 8.78 Å². The number of hydrogen-bond donors (Lipinski definition) is 7. The zero-order valence-electron chi connectivity index (χ0n) is 31.0. The van der Waals surface area contributed by atoms with E-state index in [9.17, 15) is 57.4 Å². The molecule has 16 nitrogen and oxygen atoms in total. The summed E-state index contributed by atoms with van der Waals surface area (Å²) in [6.07, 6.45) is 2.60. The van der Waals surface area contributed by atoms with Crippen LogP contribution in [0.15, 0.2) is 18.2 Å². The Hall–Kier alpha value is -5.16. The first kappa shape index (κ1) is 45.0. The molecule has 1 aliphatic carbocycles. The number of aliphatic carboxylic acids is 2. The van der Waals surface area contributed by atoms with E-state index < -0.39 is 102 Å². The molecule has 0 aromatic heterocycles. The molecule has 1 saturated carbocycles. The molecule has 1 fully saturated rings. The predicted molar refractivity (Wildman–Crippen MR) is 189 cm³/mol. The normalized spacial score (nSPS) is 15.8. The van der Waals surface area contributed by atoms with E-state index >= 15 is 0 Å². The minimum Gasteiger partial charge on any atom is -0.481 e. The summed E-state index contributed by atoms with van der Waals surface area (Å²) in [5.74, 6) is -10.5. The number of carbonyl (C=O) groups is 8. The number of carboxylic acids is 2. The molecule has 0 spiro atoms. The number of primary amides is 1. The molecule has 300 valence electrons. The van der Waals surface area contributed by atoms with Gasteiger partial charge < -0.3 is 42.1 Å². The van der Waals surface area contributed by atoms with Crippen LogP contribution in [-0.2, 0) is 44.8 Å². The van der Waals surface area contributed by atoms with Crippen molar-refractivity contribution in [2.24, 2.45) is 17.6 Å². The third kappa shape index (κ3) is 15.1. The van der Waals surface area contributed by atoms with Gasteiger partial charge in [0.25, 0.3) is 0 Å². The van der Waals surface area contributed by atoms with Crippen molar-refractivity contribution in [3.05, 3.63) is 35.4 Å². The van der Waals surface area contributed by atoms with Crippen LogP contribution in [0.5, 0.6) is 0 Å². The van der Waals surface area contributed by atoms with Crippen molar-refractivity contribution in [3.8, 4) is 0 Å². The largest absolute Gasteiger partial charge is 0.481 e. The Bertz CT molecular complexity index is 1540. The van der Waals surface area contributed by atoms with Gasteiger partial charge in [0.2, 0.25) is 35.4 Å². The second-order valence-corrected chi connectivity index (χ2v) is 14.2. The topological polar surface area (TPSA) is 254 Å². The van der Waals surface area contributed by atoms with E-state index in [1.807, 2.05) is 0 Å². The van der Waals surface area contributed by atoms with Gasteiger partial charge in [-0.15, -0.1) is 0 Å². The monoisotopic (exact) mass is 766 g/mol. The van der Waals surface area contributed by atoms with Gasteiger partial charge in [-0.3, -0.25) is 33.6 Å². The molecule has 18 heteroatoms. The summed E-state index contributed by atoms with van der Waals surface area (Å²) in [6, 6.07) is -4.49. The van der Waals surface area contributed by atoms with Crippen molar-refractivity contribution >= 4 is 47.4 Å². The SMILES string of the molecule is CC(=O)N[C@@H](CCC(N)=O)C(=O)N[C@@H](CC1CCCCC1)C(=O)N(C)[C@@H](CC(=O)O)C(=O)N[C@@H](CC(C)C)C(=O)N[C@@H](Cc1ccc(F)c(F)c1)C(=O)O. The fraction of sp³-hybridized carbons (Fsp3) is 0.611. The number of likely N-dealkylation sites (N-methyl/N-ethyl adjacent to an activating group) is 1. The van der Waals surface area contributed by atoms with Crippen molar-refractivity contribution in [2.45, 2.75) is 122 Å². The van der Waals surface area contributed by atoms with Crippen LogP contribution in [0.3, 0.4) is 0 Å². The van der Waals surface area contributed by atoms with E-state index in [0.717, 1.165) is 55.2 Å². The highest BCUT2D eigenvalue weighted by atomic mass is 19.2. The van der Waals surface area contributed by atoms with Gasteiger partial charge >= 0.3 is 11.9 Å². The smallest absolute Gasteiger partial charge is 0.326 e. The molecule has 0 saturated heterocycles. The lowest BCUT2D eigenvalue weighted by Gasteiger charge is -2.34. The second kappa shape index (κ2) is 21.5. The second-order valence-electron chi connectivity index (χ2n) is 14.2. The van der Waals surface area contributed by atoms with Crippen molar-refractivity contribution in [1.29, 1.82) is 0 Å². The Morgan fingerprint density at radius 2 is 1.43 bits per heavy atom. The molecular formula is C36H52F2N6O10. The van der Waals surface area contributed by atoms with E-state index in [-0.39, 0.29) is 43.1 Å². The van der Waals surface area contributed by atoms with Crippen LogP contribution >= 0.6 is 0 Å². The van der Waals surface area contributed by atoms with E-state index in [0.29, 0.717) is 0 Å². The summed E-state index contributed by atoms with van der Waals surface area (Å²) >= 11 is 0. The average molecular weight is 767 g/mol. The number of halogens is 2. The predicted octanol–water partition coefficient (Wildman–Crippen LogP) is 1.13. The number of amides is 6. The molecule has 1 aromatic rings. The molecule has 0 bridgehead atoms. The van der Waals surface area contributed by atoms with Crippen molar-refractivity contribution < 1.29 is 57.4 Å². The third-order valence-electron chi connectivity index (χ3n) is 9.15. The summed E-state index contributed by atoms with van der Waals surface area (Å²) in [5, 5.41) is 29.3. The number of nitrogens with zero attached hydrogens (tertiary/aromatic N) is 1. The average Bonchev–Trinajstić information content (AvgIpc) is 3.08. The van der Waals surface area contributed by atoms with E-state index in [2.05, 4.69) is 21.3 Å². The fourth-order valence-electron chi connectivity index (χ4n) is 6.37. The highest BCUT2D eigenvalue weighted by molar-refractivity contribution is 5.97. The zero-order chi connectivity index (χ0) is 40.7. The molecular weight excluding hydrogens is 714 g/mol. The Balaban J connectivity index is 2.37. The Labute approximate surface area is 312 Å². The lowest BCUT2D eigenvalue weighted by molar-refractivity contribution is -0.148. The van der Waals surface area contributed by atoms with Gasteiger partial charge in [-0.2, -0.15) is 0 Å². The first-order chi connectivity index (χ1) is 25.3. The maximum absolute atomic E-state index is 14.1. The Kier molecular flexibility index (Phi) is 17.9. The molecule has 0 radical (unpaired) electrons. The number of hydrogen-bond acceptors (Lipinski definition) is 8. The summed E-state index contributed by atoms with van der Waals surface area (Å²) in [4.78, 5) is 103. The number of carboxylic acid groups (broad SMARTS) is 2. The molecule has 0 unspecified atom stereocenters. The van der Waals surface area contributed by atoms with E-state index in [4.69, 9.17) is 5.73 Å². The maximum Gasteiger partial charge on any atom is 0.326 e. The molecule has 0 heterocycles. The van der Waals surface area contributed by atoms with E-state index in [1.54, 1.807) is 13.8 Å². The quantitative estimate of drug-likeness (QED) is 0.0939. The first-order valence-electron chi connectivity index (χ1n) is 17.9. The van der Waals surface area contributed by atoms with E-state index in [1.165, 1.54) is 14.0 Å². The highest BCUT2D eigenvalue weighted by Gasteiger charge is 2.38. The minimum atomic E-state index is -1.71. The van der Waals surface area contributed by atoms with Gasteiger partial charge in [0.05, 0.1) is 6.42 Å². The number of nitrogens with two attached hydrogens (primary N) is 1. The molecule has 5 atom stereocenters. The Morgan fingerprint density at radius 3 is 1.96 bits per heavy atom. The molecule has 6 amide bonds. The number of carbonyl (C=O) groups excluding carboxylic acids is 6. The van der Waals surface area contributed by atoms with Crippen LogP contribution in [-0.4, -0.2) is 99.8 Å². The van der Waals surface area contributed by atoms with Gasteiger partial charge in [0.15, 0.2) is 11.6 Å². The summed E-state index contributed by atoms with van der Waals surface area (Å²) in [7, 11) is 1.17. The summed E-state index contributed by atoms with van der Waals surface area (Å²) in [5.41, 5.74) is 5.31. The number of benzene rings is 1. The van der Waals surface area contributed by atoms with Crippen molar-refractivity contribution in [2.75, 3.05) is 7.05 Å². The van der Waals surface area contributed by atoms with Crippen LogP contribution in [0.25, 0.3) is 0 Å². The standard InChI is InChI=1S/C36H52F2N6O10/c1-19(2)14-26(33(50)43-28(36(53)54)17-22-10-11-23(37)24(38)15-22)41-34(51)29(18-31(47)48)44(4)35(52)27(16-21-8-6-5-7-9-21)42-32(49)25(40-20(3)45)12-13-30(39)46/h10-11,15,19,21,25-29H,5-9,12-14,16-18H2,1-4H3,(H2,39,46)(H,40,45)(H,41,51)(H,42,49)(H,43,50)(H,47,48)(H,53,54)/t25-,26-,27-,28-,29-/m0/s1. The highest BCUT2D eigenvalue weighted by Crippen LogP contribution is 2.28. The molecule has 1 aliphatic rings. The molecule has 54 heavy (non-hydrogen) atoms. The molecule has 0 aliphatic heterocycles. The van der Waals surface area contributed by atoms with Crippen LogP contribution in [0.2, 0.25) is 0 Å². The third-order valence-corrected chi connectivity index (χ3v) is 9.15. The number of rotatable bonds is 21. The number of nitrogens with one attached hydrogen (secondary N) is 4. The van der Waals surface area contributed by atoms with Crippen molar-refractivity contribution in [3.63, 3.8) is 0 Å². The van der Waals surface area contributed by atoms with Gasteiger partial charge in [-0.05, 0) is 48.8 Å². The van der Waals surface area contributed by atoms with Gasteiger partial charge in [0.1, 0.15) is 30.2 Å². The van der Waals surface area contributed by atoms with Crippen LogP contribution < -0.4 is 27.0 Å². The minimum absolute atomic E-state index is 0.00862. The first-order valence-corrected chi connectivity index (χ1v) is 17.9. The lowest BCUT2D eigenvalue weighted by Crippen LogP contribution is -2.60. The van der Waals surface area contributed by atoms with Crippen LogP contribution in [0.1, 0.15) is 90.5 Å². The lowest BCUT2D eigenvalue weighted by atomic mass is 9.84. The molecule has 2 rings (SSSR count). The Morgan fingerprint density at radius 1 is 0.833 bits per heavy atom. The molecule has 1 aromatic carbocycles. The molecule has 8 N–H and O–H groups in total. The van der Waals surface area contributed by atoms with Gasteiger partial charge in [-0.1, -0.05) is 52.0 Å². The van der Waals surface area contributed by atoms with Crippen LogP contribution in [0, 0.1) is 23.5 Å². The van der Waals surface area contributed by atoms with Crippen molar-refractivity contribution in [1.82, 2.24) is 26.2 Å². The maximum atomic E-state index is 14.1. The zero-order valence-corrected chi connectivity index (χ0v) is 31.0.